The molecule has 2 aromatic carbocycles. The Kier molecular flexibility index (Phi) is 3.91. The highest BCUT2D eigenvalue weighted by atomic mass is 15.5. The highest BCUT2D eigenvalue weighted by molar-refractivity contribution is 5.92. The van der Waals surface area contributed by atoms with E-state index in [9.17, 15) is 0 Å². The second-order valence-electron chi connectivity index (χ2n) is 6.08. The van der Waals surface area contributed by atoms with Crippen molar-refractivity contribution in [2.45, 2.75) is 0 Å². The van der Waals surface area contributed by atoms with E-state index in [1.807, 2.05) is 60.7 Å². The average Bonchev–Trinajstić information content (AvgIpc) is 3.30. The molecule has 0 fully saturated rings. The fourth-order valence-electron chi connectivity index (χ4n) is 2.94. The number of hydrogen-bond acceptors (Lipinski definition) is 7. The van der Waals surface area contributed by atoms with Gasteiger partial charge in [-0.1, -0.05) is 18.2 Å². The number of fused-ring (bicyclic) bond motifs is 1. The van der Waals surface area contributed by atoms with Crippen LogP contribution in [0.1, 0.15) is 0 Å². The summed E-state index contributed by atoms with van der Waals surface area (Å²) >= 11 is 0. The van der Waals surface area contributed by atoms with E-state index in [4.69, 9.17) is 4.98 Å². The van der Waals surface area contributed by atoms with Crippen molar-refractivity contribution in [2.75, 3.05) is 5.32 Å². The number of aromatic nitrogens is 7. The predicted molar refractivity (Wildman–Crippen MR) is 105 cm³/mol. The molecule has 0 aliphatic carbocycles. The Morgan fingerprint density at radius 3 is 2.71 bits per heavy atom. The number of rotatable bonds is 4. The molecule has 8 heteroatoms. The number of hydrogen-bond donors (Lipinski definition) is 1. The van der Waals surface area contributed by atoms with Crippen molar-refractivity contribution in [1.29, 1.82) is 0 Å². The zero-order valence-electron chi connectivity index (χ0n) is 14.6. The lowest BCUT2D eigenvalue weighted by Gasteiger charge is -2.12. The normalized spacial score (nSPS) is 10.9. The Bertz CT molecular complexity index is 1240. The van der Waals surface area contributed by atoms with Gasteiger partial charge < -0.3 is 5.32 Å². The van der Waals surface area contributed by atoms with Gasteiger partial charge in [0, 0.05) is 29.0 Å². The molecule has 8 nitrogen and oxygen atoms in total. The molecule has 5 aromatic rings. The first-order chi connectivity index (χ1) is 13.9. The minimum absolute atomic E-state index is 0.617. The van der Waals surface area contributed by atoms with Gasteiger partial charge in [-0.15, -0.1) is 5.10 Å². The van der Waals surface area contributed by atoms with E-state index in [0.717, 1.165) is 33.7 Å². The van der Waals surface area contributed by atoms with Gasteiger partial charge in [0.25, 0.3) is 0 Å². The van der Waals surface area contributed by atoms with Crippen LogP contribution in [0.2, 0.25) is 0 Å². The summed E-state index contributed by atoms with van der Waals surface area (Å²) in [7, 11) is 0. The second kappa shape index (κ2) is 6.84. The predicted octanol–water partition coefficient (Wildman–Crippen LogP) is 3.41. The molecule has 28 heavy (non-hydrogen) atoms. The third kappa shape index (κ3) is 3.03. The van der Waals surface area contributed by atoms with Gasteiger partial charge in [0.05, 0.1) is 11.2 Å². The first-order valence-electron chi connectivity index (χ1n) is 8.64. The summed E-state index contributed by atoms with van der Waals surface area (Å²) in [4.78, 5) is 13.6. The molecular weight excluding hydrogens is 352 g/mol. The average molecular weight is 366 g/mol. The fraction of sp³-hybridized carbons (Fsp3) is 0. The Morgan fingerprint density at radius 1 is 0.893 bits per heavy atom. The Morgan fingerprint density at radius 2 is 1.86 bits per heavy atom. The number of nitrogens with one attached hydrogen (secondary N) is 1. The third-order valence-corrected chi connectivity index (χ3v) is 4.25. The molecule has 5 rings (SSSR count). The first-order valence-corrected chi connectivity index (χ1v) is 8.64. The smallest absolute Gasteiger partial charge is 0.163 e. The molecule has 0 radical (unpaired) electrons. The summed E-state index contributed by atoms with van der Waals surface area (Å²) < 4.78 is 1.60. The number of nitrogens with zero attached hydrogens (tertiary/aromatic N) is 7. The Balaban J connectivity index is 1.60. The van der Waals surface area contributed by atoms with Crippen molar-refractivity contribution in [3.8, 4) is 17.1 Å². The molecule has 1 N–H and O–H groups in total. The van der Waals surface area contributed by atoms with E-state index in [1.165, 1.54) is 0 Å². The highest BCUT2D eigenvalue weighted by Gasteiger charge is 2.10. The van der Waals surface area contributed by atoms with Gasteiger partial charge in [0.2, 0.25) is 0 Å². The molecule has 0 spiro atoms. The highest BCUT2D eigenvalue weighted by Crippen LogP contribution is 2.27. The summed E-state index contributed by atoms with van der Waals surface area (Å²) in [5.41, 5.74) is 3.43. The van der Waals surface area contributed by atoms with Gasteiger partial charge in [0.15, 0.2) is 5.82 Å². The molecule has 0 aliphatic rings. The zero-order chi connectivity index (χ0) is 18.8. The van der Waals surface area contributed by atoms with E-state index in [0.29, 0.717) is 5.82 Å². The minimum atomic E-state index is 0.617. The van der Waals surface area contributed by atoms with Gasteiger partial charge in [-0.25, -0.2) is 14.6 Å². The lowest BCUT2D eigenvalue weighted by atomic mass is 10.2. The monoisotopic (exact) mass is 366 g/mol. The summed E-state index contributed by atoms with van der Waals surface area (Å²) in [6, 6.07) is 19.5. The number of para-hydroxylation sites is 1. The van der Waals surface area contributed by atoms with E-state index < -0.39 is 0 Å². The molecule has 0 saturated carbocycles. The minimum Gasteiger partial charge on any atom is -0.340 e. The van der Waals surface area contributed by atoms with Crippen molar-refractivity contribution >= 4 is 22.4 Å². The van der Waals surface area contributed by atoms with Crippen LogP contribution in [0.5, 0.6) is 0 Å². The van der Waals surface area contributed by atoms with Crippen molar-refractivity contribution < 1.29 is 0 Å². The molecule has 0 atom stereocenters. The Hall–Kier alpha value is -4.20. The maximum absolute atomic E-state index is 4.75. The Labute approximate surface area is 159 Å². The van der Waals surface area contributed by atoms with Gasteiger partial charge >= 0.3 is 0 Å². The molecule has 0 bridgehead atoms. The number of tetrazole rings is 1. The molecule has 0 saturated heterocycles. The molecule has 0 amide bonds. The van der Waals surface area contributed by atoms with Gasteiger partial charge in [-0.3, -0.25) is 4.98 Å². The van der Waals surface area contributed by atoms with E-state index in [-0.39, 0.29) is 0 Å². The number of anilines is 2. The first kappa shape index (κ1) is 16.0. The van der Waals surface area contributed by atoms with Crippen LogP contribution < -0.4 is 5.32 Å². The maximum Gasteiger partial charge on any atom is 0.163 e. The summed E-state index contributed by atoms with van der Waals surface area (Å²) in [6.45, 7) is 0. The van der Waals surface area contributed by atoms with Crippen LogP contribution in [0, 0.1) is 0 Å². The zero-order valence-corrected chi connectivity index (χ0v) is 14.6. The van der Waals surface area contributed by atoms with Crippen LogP contribution in [0.15, 0.2) is 79.4 Å². The van der Waals surface area contributed by atoms with Gasteiger partial charge in [-0.2, -0.15) is 0 Å². The maximum atomic E-state index is 4.75. The second-order valence-corrected chi connectivity index (χ2v) is 6.08. The van der Waals surface area contributed by atoms with Gasteiger partial charge in [-0.05, 0) is 52.9 Å². The van der Waals surface area contributed by atoms with E-state index in [1.54, 1.807) is 23.4 Å². The van der Waals surface area contributed by atoms with Crippen LogP contribution in [-0.2, 0) is 0 Å². The van der Waals surface area contributed by atoms with Crippen molar-refractivity contribution in [3.63, 3.8) is 0 Å². The summed E-state index contributed by atoms with van der Waals surface area (Å²) in [5, 5.41) is 15.6. The van der Waals surface area contributed by atoms with Crippen molar-refractivity contribution in [2.24, 2.45) is 0 Å². The quantitative estimate of drug-likeness (QED) is 0.521. The molecule has 134 valence electrons. The van der Waals surface area contributed by atoms with Gasteiger partial charge in [0.1, 0.15) is 12.1 Å². The van der Waals surface area contributed by atoms with E-state index >= 15 is 0 Å². The summed E-state index contributed by atoms with van der Waals surface area (Å²) in [5.74, 6) is 1.34. The fourth-order valence-corrected chi connectivity index (χ4v) is 2.94. The van der Waals surface area contributed by atoms with Crippen molar-refractivity contribution in [3.05, 3.63) is 79.4 Å². The number of benzene rings is 2. The van der Waals surface area contributed by atoms with Crippen LogP contribution in [0.4, 0.5) is 11.5 Å². The molecule has 0 unspecified atom stereocenters. The lowest BCUT2D eigenvalue weighted by Crippen LogP contribution is -2.01. The largest absolute Gasteiger partial charge is 0.340 e. The molecule has 0 aliphatic heterocycles. The van der Waals surface area contributed by atoms with Crippen LogP contribution in [0.25, 0.3) is 28.0 Å². The standard InChI is InChI=1S/C20H14N8/c1-2-9-18-17(8-1)20(25-19(24-18)14-5-4-10-21-12-14)23-15-6-3-7-16(11-15)28-13-22-26-27-28/h1-13H,(H,23,24,25). The molecule has 3 aromatic heterocycles. The van der Waals surface area contributed by atoms with E-state index in [2.05, 4.69) is 30.8 Å². The van der Waals surface area contributed by atoms with Crippen LogP contribution in [-0.4, -0.2) is 35.2 Å². The number of pyridine rings is 1. The summed E-state index contributed by atoms with van der Waals surface area (Å²) in [6.07, 6.45) is 5.04. The van der Waals surface area contributed by atoms with Crippen LogP contribution >= 0.6 is 0 Å². The SMILES string of the molecule is c1cncc(-c2nc(Nc3cccc(-n4cnnn4)c3)c3ccccc3n2)c1. The van der Waals surface area contributed by atoms with Crippen LogP contribution in [0.3, 0.4) is 0 Å². The van der Waals surface area contributed by atoms with Crippen molar-refractivity contribution in [1.82, 2.24) is 35.2 Å². The third-order valence-electron chi connectivity index (χ3n) is 4.25. The molecule has 3 heterocycles. The lowest BCUT2D eigenvalue weighted by molar-refractivity contribution is 0.789. The molecular formula is C20H14N8. The topological polar surface area (TPSA) is 94.3 Å².